The summed E-state index contributed by atoms with van der Waals surface area (Å²) in [6, 6.07) is 7.00. The van der Waals surface area contributed by atoms with Gasteiger partial charge < -0.3 is 5.11 Å². The van der Waals surface area contributed by atoms with E-state index in [0.29, 0.717) is 11.3 Å². The number of carboxylic acids is 1. The number of hydrogen-bond acceptors (Lipinski definition) is 3. The molecule has 0 radical (unpaired) electrons. The lowest BCUT2D eigenvalue weighted by atomic mass is 10.00. The van der Waals surface area contributed by atoms with E-state index in [-0.39, 0.29) is 0 Å². The first kappa shape index (κ1) is 10.6. The van der Waals surface area contributed by atoms with Crippen LogP contribution in [0.15, 0.2) is 29.3 Å². The number of isothiocyanates is 1. The number of hydrogen-bond donors (Lipinski definition) is 1. The average Bonchev–Trinajstić information content (AvgIpc) is 2.18. The summed E-state index contributed by atoms with van der Waals surface area (Å²) in [4.78, 5) is 14.6. The minimum absolute atomic E-state index is 0.567. The Morgan fingerprint density at radius 1 is 1.57 bits per heavy atom. The molecule has 72 valence electrons. The number of thiocarbonyl (C=S) groups is 1. The van der Waals surface area contributed by atoms with Crippen LogP contribution in [0.1, 0.15) is 18.4 Å². The van der Waals surface area contributed by atoms with Crippen LogP contribution in [0, 0.1) is 0 Å². The van der Waals surface area contributed by atoms with Crippen LogP contribution in [0.4, 0.5) is 5.69 Å². The van der Waals surface area contributed by atoms with Crippen molar-refractivity contribution >= 4 is 29.0 Å². The van der Waals surface area contributed by atoms with Crippen molar-refractivity contribution in [1.29, 1.82) is 0 Å². The lowest BCUT2D eigenvalue weighted by Crippen LogP contribution is -2.07. The van der Waals surface area contributed by atoms with Gasteiger partial charge >= 0.3 is 5.97 Å². The van der Waals surface area contributed by atoms with Gasteiger partial charge in [-0.3, -0.25) is 4.79 Å². The molecule has 14 heavy (non-hydrogen) atoms. The molecule has 1 aromatic rings. The van der Waals surface area contributed by atoms with E-state index in [1.165, 1.54) is 0 Å². The third-order valence-corrected chi connectivity index (χ3v) is 2.03. The Morgan fingerprint density at radius 3 is 2.79 bits per heavy atom. The van der Waals surface area contributed by atoms with E-state index in [1.807, 2.05) is 0 Å². The van der Waals surface area contributed by atoms with Gasteiger partial charge in [-0.2, -0.15) is 4.99 Å². The van der Waals surface area contributed by atoms with Crippen LogP contribution in [-0.4, -0.2) is 16.2 Å². The van der Waals surface area contributed by atoms with Gasteiger partial charge in [0.1, 0.15) is 0 Å². The van der Waals surface area contributed by atoms with Crippen LogP contribution in [0.5, 0.6) is 0 Å². The summed E-state index contributed by atoms with van der Waals surface area (Å²) in [5.41, 5.74) is 1.22. The molecule has 0 aliphatic heterocycles. The maximum atomic E-state index is 10.8. The molecule has 0 heterocycles. The maximum absolute atomic E-state index is 10.8. The molecule has 4 heteroatoms. The number of aliphatic imine (C=N–C) groups is 1. The van der Waals surface area contributed by atoms with E-state index in [1.54, 1.807) is 31.2 Å². The fraction of sp³-hybridized carbons (Fsp3) is 0.200. The zero-order chi connectivity index (χ0) is 10.6. The highest BCUT2D eigenvalue weighted by Crippen LogP contribution is 2.26. The second-order valence-electron chi connectivity index (χ2n) is 2.82. The summed E-state index contributed by atoms with van der Waals surface area (Å²) in [5.74, 6) is -1.46. The summed E-state index contributed by atoms with van der Waals surface area (Å²) in [6.45, 7) is 1.61. The first-order valence-electron chi connectivity index (χ1n) is 4.06. The monoisotopic (exact) mass is 207 g/mol. The molecule has 0 fully saturated rings. The fourth-order valence-electron chi connectivity index (χ4n) is 1.14. The predicted octanol–water partition coefficient (Wildman–Crippen LogP) is 2.61. The molecule has 1 N–H and O–H groups in total. The number of carbonyl (C=O) groups is 1. The molecule has 1 unspecified atom stereocenters. The molecule has 0 aromatic heterocycles. The molecule has 0 saturated carbocycles. The average molecular weight is 207 g/mol. The third-order valence-electron chi connectivity index (χ3n) is 1.94. The van der Waals surface area contributed by atoms with Gasteiger partial charge in [0, 0.05) is 0 Å². The Kier molecular flexibility index (Phi) is 3.51. The number of benzene rings is 1. The molecule has 0 bridgehead atoms. The molecule has 1 rings (SSSR count). The van der Waals surface area contributed by atoms with E-state index < -0.39 is 11.9 Å². The summed E-state index contributed by atoms with van der Waals surface area (Å²) in [7, 11) is 0. The highest BCUT2D eigenvalue weighted by atomic mass is 32.1. The zero-order valence-electron chi connectivity index (χ0n) is 7.60. The second kappa shape index (κ2) is 4.65. The largest absolute Gasteiger partial charge is 0.481 e. The summed E-state index contributed by atoms with van der Waals surface area (Å²) in [5, 5.41) is 11.1. The van der Waals surface area contributed by atoms with Crippen molar-refractivity contribution in [3.63, 3.8) is 0 Å². The van der Waals surface area contributed by atoms with Gasteiger partial charge in [0.05, 0.1) is 16.8 Å². The number of para-hydroxylation sites is 1. The molecular weight excluding hydrogens is 198 g/mol. The van der Waals surface area contributed by atoms with Gasteiger partial charge in [0.25, 0.3) is 0 Å². The Labute approximate surface area is 87.1 Å². The van der Waals surface area contributed by atoms with E-state index in [0.717, 1.165) is 0 Å². The summed E-state index contributed by atoms with van der Waals surface area (Å²) < 4.78 is 0. The van der Waals surface area contributed by atoms with Crippen LogP contribution in [0.25, 0.3) is 0 Å². The lowest BCUT2D eigenvalue weighted by molar-refractivity contribution is -0.138. The first-order valence-corrected chi connectivity index (χ1v) is 4.47. The molecular formula is C10H9NO2S. The minimum atomic E-state index is -0.878. The van der Waals surface area contributed by atoms with Crippen LogP contribution < -0.4 is 0 Å². The molecule has 3 nitrogen and oxygen atoms in total. The minimum Gasteiger partial charge on any atom is -0.481 e. The van der Waals surface area contributed by atoms with Gasteiger partial charge in [-0.25, -0.2) is 0 Å². The topological polar surface area (TPSA) is 49.7 Å². The van der Waals surface area contributed by atoms with Crippen molar-refractivity contribution in [2.45, 2.75) is 12.8 Å². The first-order chi connectivity index (χ1) is 6.66. The lowest BCUT2D eigenvalue weighted by Gasteiger charge is -2.08. The Morgan fingerprint density at radius 2 is 2.21 bits per heavy atom. The molecule has 0 saturated heterocycles. The second-order valence-corrected chi connectivity index (χ2v) is 3.00. The van der Waals surface area contributed by atoms with Crippen LogP contribution in [-0.2, 0) is 4.79 Å². The third kappa shape index (κ3) is 2.25. The SMILES string of the molecule is CC(C(=O)O)c1ccccc1N=C=S. The molecule has 0 spiro atoms. The standard InChI is InChI=1S/C10H9NO2S/c1-7(10(12)13)8-4-2-3-5-9(8)11-6-14/h2-5,7H,1H3,(H,12,13). The fourth-order valence-corrected chi connectivity index (χ4v) is 1.24. The summed E-state index contributed by atoms with van der Waals surface area (Å²) in [6.07, 6.45) is 0. The highest BCUT2D eigenvalue weighted by molar-refractivity contribution is 7.78. The van der Waals surface area contributed by atoms with E-state index in [2.05, 4.69) is 22.4 Å². The number of nitrogens with zero attached hydrogens (tertiary/aromatic N) is 1. The molecule has 0 amide bonds. The van der Waals surface area contributed by atoms with Gasteiger partial charge in [-0.05, 0) is 30.8 Å². The van der Waals surface area contributed by atoms with Gasteiger partial charge in [-0.1, -0.05) is 18.2 Å². The van der Waals surface area contributed by atoms with Crippen molar-refractivity contribution < 1.29 is 9.90 Å². The van der Waals surface area contributed by atoms with Crippen LogP contribution in [0.2, 0.25) is 0 Å². The molecule has 0 aliphatic rings. The van der Waals surface area contributed by atoms with E-state index >= 15 is 0 Å². The predicted molar refractivity (Wildman–Crippen MR) is 57.2 cm³/mol. The Balaban J connectivity index is 3.19. The smallest absolute Gasteiger partial charge is 0.310 e. The van der Waals surface area contributed by atoms with Crippen molar-refractivity contribution in [3.05, 3.63) is 29.8 Å². The van der Waals surface area contributed by atoms with Crippen molar-refractivity contribution in [3.8, 4) is 0 Å². The maximum Gasteiger partial charge on any atom is 0.310 e. The van der Waals surface area contributed by atoms with Crippen molar-refractivity contribution in [2.24, 2.45) is 4.99 Å². The van der Waals surface area contributed by atoms with Crippen LogP contribution in [0.3, 0.4) is 0 Å². The molecule has 0 aliphatic carbocycles. The Hall–Kier alpha value is -1.51. The van der Waals surface area contributed by atoms with Crippen molar-refractivity contribution in [2.75, 3.05) is 0 Å². The Bertz CT molecular complexity index is 397. The number of rotatable bonds is 3. The van der Waals surface area contributed by atoms with Gasteiger partial charge in [0.15, 0.2) is 0 Å². The quantitative estimate of drug-likeness (QED) is 0.612. The number of aliphatic carboxylic acids is 1. The van der Waals surface area contributed by atoms with Gasteiger partial charge in [0.2, 0.25) is 0 Å². The zero-order valence-corrected chi connectivity index (χ0v) is 8.41. The number of carboxylic acid groups (broad SMARTS) is 1. The summed E-state index contributed by atoms with van der Waals surface area (Å²) >= 11 is 4.48. The van der Waals surface area contributed by atoms with Gasteiger partial charge in [-0.15, -0.1) is 0 Å². The molecule has 1 aromatic carbocycles. The normalized spacial score (nSPS) is 11.5. The highest BCUT2D eigenvalue weighted by Gasteiger charge is 2.16. The van der Waals surface area contributed by atoms with Crippen molar-refractivity contribution in [1.82, 2.24) is 0 Å². The van der Waals surface area contributed by atoms with E-state index in [4.69, 9.17) is 5.11 Å². The van der Waals surface area contributed by atoms with Crippen LogP contribution >= 0.6 is 12.2 Å². The van der Waals surface area contributed by atoms with E-state index in [9.17, 15) is 4.79 Å². The molecule has 1 atom stereocenters.